The largest absolute Gasteiger partial charge is 0.343 e. The second-order valence-electron chi connectivity index (χ2n) is 6.45. The van der Waals surface area contributed by atoms with Crippen molar-refractivity contribution in [1.29, 1.82) is 0 Å². The van der Waals surface area contributed by atoms with E-state index in [1.54, 1.807) is 0 Å². The van der Waals surface area contributed by atoms with Gasteiger partial charge in [-0.25, -0.2) is 0 Å². The highest BCUT2D eigenvalue weighted by Crippen LogP contribution is 2.22. The molecule has 3 nitrogen and oxygen atoms in total. The number of hydrogen-bond acceptors (Lipinski definition) is 2. The third-order valence-electron chi connectivity index (χ3n) is 4.58. The van der Waals surface area contributed by atoms with E-state index >= 15 is 0 Å². The summed E-state index contributed by atoms with van der Waals surface area (Å²) in [6.07, 6.45) is 10.3. The maximum Gasteiger partial charge on any atom is 0.0704 e. The summed E-state index contributed by atoms with van der Waals surface area (Å²) in [7, 11) is 0. The van der Waals surface area contributed by atoms with Crippen molar-refractivity contribution in [2.24, 2.45) is 0 Å². The van der Waals surface area contributed by atoms with Crippen LogP contribution in [-0.2, 0) is 13.0 Å². The molecule has 4 aromatic rings. The third-order valence-corrected chi connectivity index (χ3v) is 4.58. The molecule has 0 saturated heterocycles. The summed E-state index contributed by atoms with van der Waals surface area (Å²) < 4.78 is 2.28. The van der Waals surface area contributed by atoms with Crippen molar-refractivity contribution in [2.75, 3.05) is 0 Å². The lowest BCUT2D eigenvalue weighted by Gasteiger charge is -2.07. The molecule has 0 aliphatic carbocycles. The molecular weight excluding hydrogens is 294 g/mol. The van der Waals surface area contributed by atoms with Gasteiger partial charge in [-0.2, -0.15) is 0 Å². The Bertz CT molecular complexity index is 1010. The third kappa shape index (κ3) is 2.67. The molecule has 0 unspecified atom stereocenters. The van der Waals surface area contributed by atoms with E-state index in [2.05, 4.69) is 64.9 Å². The maximum atomic E-state index is 4.68. The number of rotatable bonds is 4. The molecule has 0 aliphatic heterocycles. The highest BCUT2D eigenvalue weighted by molar-refractivity contribution is 5.83. The molecule has 1 aromatic carbocycles. The van der Waals surface area contributed by atoms with Gasteiger partial charge >= 0.3 is 0 Å². The van der Waals surface area contributed by atoms with Crippen molar-refractivity contribution < 1.29 is 0 Å². The van der Waals surface area contributed by atoms with Crippen molar-refractivity contribution in [2.45, 2.75) is 33.2 Å². The molecule has 0 fully saturated rings. The summed E-state index contributed by atoms with van der Waals surface area (Å²) in [5.41, 5.74) is 6.16. The average Bonchev–Trinajstić information content (AvgIpc) is 2.92. The predicted octanol–water partition coefficient (Wildman–Crippen LogP) is 4.89. The summed E-state index contributed by atoms with van der Waals surface area (Å²) in [5, 5.41) is 2.43. The van der Waals surface area contributed by atoms with E-state index in [-0.39, 0.29) is 0 Å². The van der Waals surface area contributed by atoms with Gasteiger partial charge in [0.25, 0.3) is 0 Å². The second kappa shape index (κ2) is 6.08. The molecule has 4 rings (SSSR count). The van der Waals surface area contributed by atoms with Crippen LogP contribution in [-0.4, -0.2) is 14.5 Å². The number of pyridine rings is 2. The number of fused-ring (bicyclic) bond motifs is 2. The van der Waals surface area contributed by atoms with Gasteiger partial charge < -0.3 is 4.57 Å². The van der Waals surface area contributed by atoms with Crippen LogP contribution < -0.4 is 0 Å². The van der Waals surface area contributed by atoms with Crippen LogP contribution >= 0.6 is 0 Å². The molecule has 3 heteroatoms. The Morgan fingerprint density at radius 1 is 1.04 bits per heavy atom. The fourth-order valence-electron chi connectivity index (χ4n) is 3.38. The van der Waals surface area contributed by atoms with Crippen LogP contribution in [0.15, 0.2) is 55.1 Å². The molecule has 3 heterocycles. The molecule has 120 valence electrons. The van der Waals surface area contributed by atoms with Crippen LogP contribution in [0.2, 0.25) is 0 Å². The molecule has 0 radical (unpaired) electrons. The minimum atomic E-state index is 0.827. The van der Waals surface area contributed by atoms with Crippen molar-refractivity contribution in [3.8, 4) is 0 Å². The summed E-state index contributed by atoms with van der Waals surface area (Å²) in [5.74, 6) is 0. The van der Waals surface area contributed by atoms with Crippen molar-refractivity contribution >= 4 is 21.8 Å². The smallest absolute Gasteiger partial charge is 0.0704 e. The highest BCUT2D eigenvalue weighted by atomic mass is 15.0. The van der Waals surface area contributed by atoms with E-state index in [4.69, 9.17) is 0 Å². The Morgan fingerprint density at radius 3 is 2.83 bits per heavy atom. The van der Waals surface area contributed by atoms with Gasteiger partial charge in [-0.1, -0.05) is 25.5 Å². The molecule has 0 bridgehead atoms. The van der Waals surface area contributed by atoms with Gasteiger partial charge in [0.2, 0.25) is 0 Å². The van der Waals surface area contributed by atoms with Crippen LogP contribution in [0.5, 0.6) is 0 Å². The molecule has 0 N–H and O–H groups in total. The van der Waals surface area contributed by atoms with Crippen molar-refractivity contribution in [3.05, 3.63) is 71.8 Å². The van der Waals surface area contributed by atoms with Crippen molar-refractivity contribution in [1.82, 2.24) is 14.5 Å². The van der Waals surface area contributed by atoms with Crippen LogP contribution in [0.25, 0.3) is 21.8 Å². The number of aryl methyl sites for hydroxylation is 2. The summed E-state index contributed by atoms with van der Waals surface area (Å²) in [6.45, 7) is 5.17. The topological polar surface area (TPSA) is 30.7 Å². The lowest BCUT2D eigenvalue weighted by atomic mass is 10.1. The van der Waals surface area contributed by atoms with Crippen LogP contribution in [0, 0.1) is 6.92 Å². The number of nitrogens with zero attached hydrogens (tertiary/aromatic N) is 3. The molecule has 0 atom stereocenters. The molecule has 0 amide bonds. The van der Waals surface area contributed by atoms with E-state index in [0.29, 0.717) is 0 Å². The fraction of sp³-hybridized carbons (Fsp3) is 0.238. The van der Waals surface area contributed by atoms with Gasteiger partial charge in [-0.05, 0) is 48.2 Å². The summed E-state index contributed by atoms with van der Waals surface area (Å²) in [6, 6.07) is 11.0. The Labute approximate surface area is 142 Å². The summed E-state index contributed by atoms with van der Waals surface area (Å²) >= 11 is 0. The molecule has 3 aromatic heterocycles. The highest BCUT2D eigenvalue weighted by Gasteiger charge is 2.07. The predicted molar refractivity (Wildman–Crippen MR) is 99.3 cm³/mol. The minimum absolute atomic E-state index is 0.827. The van der Waals surface area contributed by atoms with Crippen LogP contribution in [0.4, 0.5) is 0 Å². The van der Waals surface area contributed by atoms with E-state index in [9.17, 15) is 0 Å². The maximum absolute atomic E-state index is 4.68. The monoisotopic (exact) mass is 315 g/mol. The molecule has 0 saturated carbocycles. The lowest BCUT2D eigenvalue weighted by Crippen LogP contribution is -1.99. The summed E-state index contributed by atoms with van der Waals surface area (Å²) in [4.78, 5) is 8.91. The van der Waals surface area contributed by atoms with Gasteiger partial charge in [0.05, 0.1) is 11.0 Å². The molecule has 24 heavy (non-hydrogen) atoms. The minimum Gasteiger partial charge on any atom is -0.343 e. The Kier molecular flexibility index (Phi) is 3.77. The van der Waals surface area contributed by atoms with E-state index in [1.165, 1.54) is 39.4 Å². The molecule has 0 spiro atoms. The zero-order valence-corrected chi connectivity index (χ0v) is 14.2. The van der Waals surface area contributed by atoms with Gasteiger partial charge in [-0.3, -0.25) is 9.97 Å². The zero-order valence-electron chi connectivity index (χ0n) is 14.2. The van der Waals surface area contributed by atoms with Gasteiger partial charge in [0.15, 0.2) is 0 Å². The number of benzene rings is 1. The fourth-order valence-corrected chi connectivity index (χ4v) is 3.38. The first-order valence-corrected chi connectivity index (χ1v) is 8.51. The first kappa shape index (κ1) is 14.9. The first-order chi connectivity index (χ1) is 11.7. The molecule has 0 aliphatic rings. The van der Waals surface area contributed by atoms with E-state index in [1.807, 2.05) is 18.6 Å². The van der Waals surface area contributed by atoms with E-state index in [0.717, 1.165) is 18.5 Å². The zero-order chi connectivity index (χ0) is 16.5. The Morgan fingerprint density at radius 2 is 1.96 bits per heavy atom. The number of hydrogen-bond donors (Lipinski definition) is 0. The van der Waals surface area contributed by atoms with Crippen LogP contribution in [0.1, 0.15) is 30.0 Å². The average molecular weight is 315 g/mol. The normalized spacial score (nSPS) is 11.4. The lowest BCUT2D eigenvalue weighted by molar-refractivity contribution is 0.831. The van der Waals surface area contributed by atoms with Crippen LogP contribution in [0.3, 0.4) is 0 Å². The van der Waals surface area contributed by atoms with Gasteiger partial charge in [0, 0.05) is 42.1 Å². The number of aromatic nitrogens is 3. The first-order valence-electron chi connectivity index (χ1n) is 8.51. The second-order valence-corrected chi connectivity index (χ2v) is 6.45. The Balaban J connectivity index is 1.70. The quantitative estimate of drug-likeness (QED) is 0.536. The van der Waals surface area contributed by atoms with Gasteiger partial charge in [-0.15, -0.1) is 0 Å². The van der Waals surface area contributed by atoms with Crippen molar-refractivity contribution in [3.63, 3.8) is 0 Å². The van der Waals surface area contributed by atoms with Gasteiger partial charge in [0.1, 0.15) is 0 Å². The SMILES string of the molecule is CCCc1ccc2cc(Cn3cc(C)c4cnccc43)cnc2c1. The standard InChI is InChI=1S/C21H21N3/c1-3-4-16-5-6-18-9-17(11-23-20(18)10-16)14-24-13-15(2)19-12-22-8-7-21(19)24/h5-13H,3-4,14H2,1-2H3. The molecular formula is C21H21N3. The Hall–Kier alpha value is -2.68. The van der Waals surface area contributed by atoms with E-state index < -0.39 is 0 Å².